The Labute approximate surface area is 160 Å². The number of benzene rings is 1. The highest BCUT2D eigenvalue weighted by Crippen LogP contribution is 2.40. The molecule has 0 aliphatic heterocycles. The van der Waals surface area contributed by atoms with Crippen LogP contribution in [0.25, 0.3) is 0 Å². The molecule has 1 saturated carbocycles. The zero-order valence-electron chi connectivity index (χ0n) is 13.7. The highest BCUT2D eigenvalue weighted by Gasteiger charge is 2.30. The van der Waals surface area contributed by atoms with Gasteiger partial charge in [0.2, 0.25) is 0 Å². The van der Waals surface area contributed by atoms with Gasteiger partial charge in [-0.15, -0.1) is 0 Å². The summed E-state index contributed by atoms with van der Waals surface area (Å²) in [5.74, 6) is 0.821. The van der Waals surface area contributed by atoms with Crippen molar-refractivity contribution in [2.45, 2.75) is 25.3 Å². The fourth-order valence-electron chi connectivity index (χ4n) is 2.45. The molecule has 0 radical (unpaired) electrons. The second kappa shape index (κ2) is 7.36. The van der Waals surface area contributed by atoms with Gasteiger partial charge in [-0.05, 0) is 30.5 Å². The first-order chi connectivity index (χ1) is 11.9. The van der Waals surface area contributed by atoms with Gasteiger partial charge >= 0.3 is 5.97 Å². The van der Waals surface area contributed by atoms with Crippen molar-refractivity contribution in [3.8, 4) is 0 Å². The van der Waals surface area contributed by atoms with E-state index in [0.29, 0.717) is 28.2 Å². The number of rotatable bonds is 5. The number of halogens is 3. The Balaban J connectivity index is 1.95. The summed E-state index contributed by atoms with van der Waals surface area (Å²) < 4.78 is 4.79. The zero-order chi connectivity index (χ0) is 18.1. The molecule has 1 heterocycles. The Morgan fingerprint density at radius 1 is 1.24 bits per heavy atom. The van der Waals surface area contributed by atoms with Gasteiger partial charge in [0.1, 0.15) is 10.8 Å². The molecule has 8 heteroatoms. The molecule has 0 saturated heterocycles. The molecule has 0 unspecified atom stereocenters. The molecule has 0 amide bonds. The van der Waals surface area contributed by atoms with Crippen molar-refractivity contribution in [3.05, 3.63) is 50.3 Å². The van der Waals surface area contributed by atoms with E-state index in [0.717, 1.165) is 18.4 Å². The standard InChI is InChI=1S/C17H16Cl3N3O2/c1-23(8-9-3-6-11(18)12(19)7-9)16-13(20)14(17(24)25-2)21-15(22-16)10-4-5-10/h3,6-7,10H,4-5,8H2,1-2H3. The molecule has 3 rings (SSSR count). The quantitative estimate of drug-likeness (QED) is 0.679. The monoisotopic (exact) mass is 399 g/mol. The van der Waals surface area contributed by atoms with Gasteiger partial charge in [-0.1, -0.05) is 40.9 Å². The Morgan fingerprint density at radius 3 is 2.56 bits per heavy atom. The van der Waals surface area contributed by atoms with Gasteiger partial charge in [-0.25, -0.2) is 14.8 Å². The molecular formula is C17H16Cl3N3O2. The molecule has 0 N–H and O–H groups in total. The topological polar surface area (TPSA) is 55.3 Å². The van der Waals surface area contributed by atoms with Crippen LogP contribution in [0, 0.1) is 0 Å². The van der Waals surface area contributed by atoms with E-state index >= 15 is 0 Å². The maximum atomic E-state index is 12.0. The van der Waals surface area contributed by atoms with Crippen molar-refractivity contribution in [3.63, 3.8) is 0 Å². The minimum absolute atomic E-state index is 0.0945. The Bertz CT molecular complexity index is 825. The molecule has 1 aliphatic rings. The number of carbonyl (C=O) groups excluding carboxylic acids is 1. The number of hydrogen-bond acceptors (Lipinski definition) is 5. The predicted molar refractivity (Wildman–Crippen MR) is 98.9 cm³/mol. The molecule has 0 atom stereocenters. The van der Waals surface area contributed by atoms with E-state index in [1.165, 1.54) is 7.11 Å². The summed E-state index contributed by atoms with van der Waals surface area (Å²) in [4.78, 5) is 22.7. The van der Waals surface area contributed by atoms with Gasteiger partial charge in [0, 0.05) is 19.5 Å². The van der Waals surface area contributed by atoms with Gasteiger partial charge in [0.25, 0.3) is 0 Å². The number of carbonyl (C=O) groups is 1. The molecule has 2 aromatic rings. The first kappa shape index (κ1) is 18.2. The van der Waals surface area contributed by atoms with Crippen molar-refractivity contribution in [1.82, 2.24) is 9.97 Å². The van der Waals surface area contributed by atoms with E-state index in [4.69, 9.17) is 39.5 Å². The van der Waals surface area contributed by atoms with Crippen LogP contribution in [0.5, 0.6) is 0 Å². The maximum absolute atomic E-state index is 12.0. The Kier molecular flexibility index (Phi) is 5.37. The molecule has 0 bridgehead atoms. The lowest BCUT2D eigenvalue weighted by molar-refractivity contribution is 0.0593. The average molecular weight is 401 g/mol. The van der Waals surface area contributed by atoms with Gasteiger partial charge in [0.05, 0.1) is 17.2 Å². The number of esters is 1. The molecule has 1 aromatic carbocycles. The summed E-state index contributed by atoms with van der Waals surface area (Å²) in [6, 6.07) is 5.41. The minimum Gasteiger partial charge on any atom is -0.464 e. The number of methoxy groups -OCH3 is 1. The lowest BCUT2D eigenvalue weighted by atomic mass is 10.2. The van der Waals surface area contributed by atoms with Gasteiger partial charge in [0.15, 0.2) is 11.5 Å². The van der Waals surface area contributed by atoms with Crippen molar-refractivity contribution in [1.29, 1.82) is 0 Å². The van der Waals surface area contributed by atoms with Crippen molar-refractivity contribution in [2.24, 2.45) is 0 Å². The van der Waals surface area contributed by atoms with Gasteiger partial charge < -0.3 is 9.64 Å². The third-order valence-electron chi connectivity index (χ3n) is 3.94. The third kappa shape index (κ3) is 4.00. The zero-order valence-corrected chi connectivity index (χ0v) is 16.0. The summed E-state index contributed by atoms with van der Waals surface area (Å²) in [6.45, 7) is 0.498. The van der Waals surface area contributed by atoms with Crippen molar-refractivity contribution in [2.75, 3.05) is 19.1 Å². The molecule has 1 aromatic heterocycles. The SMILES string of the molecule is COC(=O)c1nc(C2CC2)nc(N(C)Cc2ccc(Cl)c(Cl)c2)c1Cl. The lowest BCUT2D eigenvalue weighted by Crippen LogP contribution is -2.21. The van der Waals surface area contributed by atoms with E-state index in [1.54, 1.807) is 12.1 Å². The van der Waals surface area contributed by atoms with Crippen LogP contribution >= 0.6 is 34.8 Å². The van der Waals surface area contributed by atoms with Crippen LogP contribution in [0.15, 0.2) is 18.2 Å². The number of hydrogen-bond donors (Lipinski definition) is 0. The summed E-state index contributed by atoms with van der Waals surface area (Å²) in [6.07, 6.45) is 2.02. The van der Waals surface area contributed by atoms with Crippen LogP contribution in [0.4, 0.5) is 5.82 Å². The van der Waals surface area contributed by atoms with Crippen LogP contribution in [0.1, 0.15) is 40.6 Å². The van der Waals surface area contributed by atoms with Crippen molar-refractivity contribution >= 4 is 46.6 Å². The van der Waals surface area contributed by atoms with Gasteiger partial charge in [-0.3, -0.25) is 0 Å². The third-order valence-corrected chi connectivity index (χ3v) is 5.02. The Hall–Kier alpha value is -1.56. The maximum Gasteiger partial charge on any atom is 0.358 e. The number of anilines is 1. The van der Waals surface area contributed by atoms with Crippen LogP contribution in [-0.2, 0) is 11.3 Å². The van der Waals surface area contributed by atoms with Gasteiger partial charge in [-0.2, -0.15) is 0 Å². The number of aromatic nitrogens is 2. The summed E-state index contributed by atoms with van der Waals surface area (Å²) in [7, 11) is 3.14. The van der Waals surface area contributed by atoms with E-state index in [-0.39, 0.29) is 16.6 Å². The fourth-order valence-corrected chi connectivity index (χ4v) is 3.07. The highest BCUT2D eigenvalue weighted by molar-refractivity contribution is 6.42. The fraction of sp³-hybridized carbons (Fsp3) is 0.353. The summed E-state index contributed by atoms with van der Waals surface area (Å²) in [5, 5.41) is 1.16. The first-order valence-electron chi connectivity index (χ1n) is 7.71. The summed E-state index contributed by atoms with van der Waals surface area (Å²) >= 11 is 18.4. The van der Waals surface area contributed by atoms with E-state index < -0.39 is 5.97 Å². The van der Waals surface area contributed by atoms with Crippen LogP contribution in [0.2, 0.25) is 15.1 Å². The molecule has 1 aliphatic carbocycles. The van der Waals surface area contributed by atoms with E-state index in [2.05, 4.69) is 9.97 Å². The molecule has 25 heavy (non-hydrogen) atoms. The molecular weight excluding hydrogens is 385 g/mol. The highest BCUT2D eigenvalue weighted by atomic mass is 35.5. The van der Waals surface area contributed by atoms with Crippen LogP contribution < -0.4 is 4.90 Å². The largest absolute Gasteiger partial charge is 0.464 e. The molecule has 132 valence electrons. The Morgan fingerprint density at radius 2 is 1.96 bits per heavy atom. The second-order valence-corrected chi connectivity index (χ2v) is 7.13. The average Bonchev–Trinajstić information content (AvgIpc) is 3.42. The molecule has 5 nitrogen and oxygen atoms in total. The van der Waals surface area contributed by atoms with Crippen LogP contribution in [0.3, 0.4) is 0 Å². The van der Waals surface area contributed by atoms with E-state index in [1.807, 2.05) is 18.0 Å². The molecule has 1 fully saturated rings. The summed E-state index contributed by atoms with van der Waals surface area (Å²) in [5.41, 5.74) is 1.04. The van der Waals surface area contributed by atoms with Crippen LogP contribution in [-0.4, -0.2) is 30.1 Å². The predicted octanol–water partition coefficient (Wildman–Crippen LogP) is 4.74. The number of nitrogens with zero attached hydrogens (tertiary/aromatic N) is 3. The van der Waals surface area contributed by atoms with Crippen molar-refractivity contribution < 1.29 is 9.53 Å². The first-order valence-corrected chi connectivity index (χ1v) is 8.85. The minimum atomic E-state index is -0.571. The second-order valence-electron chi connectivity index (χ2n) is 5.94. The molecule has 0 spiro atoms. The lowest BCUT2D eigenvalue weighted by Gasteiger charge is -2.21. The number of ether oxygens (including phenoxy) is 1. The van der Waals surface area contributed by atoms with E-state index in [9.17, 15) is 4.79 Å². The normalized spacial score (nSPS) is 13.6. The smallest absolute Gasteiger partial charge is 0.358 e.